The number of halogens is 3. The molecule has 0 bridgehead atoms. The van der Waals surface area contributed by atoms with Crippen LogP contribution in [0.2, 0.25) is 0 Å². The number of fused-ring (bicyclic) bond motifs is 1. The van der Waals surface area contributed by atoms with Gasteiger partial charge >= 0.3 is 0 Å². The molecule has 4 rings (SSSR count). The first-order valence-corrected chi connectivity index (χ1v) is 10.3. The second-order valence-corrected chi connectivity index (χ2v) is 7.60. The molecule has 32 heavy (non-hydrogen) atoms. The predicted molar refractivity (Wildman–Crippen MR) is 121 cm³/mol. The Morgan fingerprint density at radius 3 is 2.16 bits per heavy atom. The molecule has 0 amide bonds. The van der Waals surface area contributed by atoms with Crippen molar-refractivity contribution < 1.29 is 17.9 Å². The van der Waals surface area contributed by atoms with Crippen LogP contribution in [0.5, 0.6) is 0 Å². The average molecular weight is 430 g/mol. The highest BCUT2D eigenvalue weighted by atomic mass is 19.2. The summed E-state index contributed by atoms with van der Waals surface area (Å²) < 4.78 is 46.4. The molecule has 160 valence electrons. The lowest BCUT2D eigenvalue weighted by Crippen LogP contribution is -1.97. The zero-order valence-electron chi connectivity index (χ0n) is 17.6. The van der Waals surface area contributed by atoms with Crippen molar-refractivity contribution in [2.24, 2.45) is 0 Å². The van der Waals surface area contributed by atoms with Crippen LogP contribution in [0.15, 0.2) is 72.8 Å². The Kier molecular flexibility index (Phi) is 6.58. The fraction of sp³-hybridized carbons (Fsp3) is 0.143. The number of benzene rings is 4. The molecule has 0 aliphatic carbocycles. The molecular formula is C28H21F3O. The van der Waals surface area contributed by atoms with E-state index in [0.29, 0.717) is 24.0 Å². The lowest BCUT2D eigenvalue weighted by atomic mass is 10.0. The van der Waals surface area contributed by atoms with Gasteiger partial charge in [0.05, 0.1) is 6.61 Å². The summed E-state index contributed by atoms with van der Waals surface area (Å²) in [5, 5.41) is 0.846. The van der Waals surface area contributed by atoms with Crippen molar-refractivity contribution in [1.82, 2.24) is 0 Å². The van der Waals surface area contributed by atoms with E-state index in [1.54, 1.807) is 31.4 Å². The van der Waals surface area contributed by atoms with Crippen molar-refractivity contribution in [2.45, 2.75) is 19.4 Å². The van der Waals surface area contributed by atoms with Gasteiger partial charge in [-0.2, -0.15) is 0 Å². The third kappa shape index (κ3) is 5.01. The van der Waals surface area contributed by atoms with Gasteiger partial charge in [-0.1, -0.05) is 48.2 Å². The van der Waals surface area contributed by atoms with Gasteiger partial charge < -0.3 is 4.74 Å². The van der Waals surface area contributed by atoms with E-state index in [4.69, 9.17) is 4.74 Å². The molecule has 4 heteroatoms. The molecule has 4 aromatic carbocycles. The second-order valence-electron chi connectivity index (χ2n) is 7.60. The van der Waals surface area contributed by atoms with Gasteiger partial charge in [0.15, 0.2) is 11.6 Å². The number of hydrogen-bond donors (Lipinski definition) is 0. The molecule has 0 atom stereocenters. The van der Waals surface area contributed by atoms with E-state index < -0.39 is 11.6 Å². The van der Waals surface area contributed by atoms with Gasteiger partial charge in [-0.05, 0) is 71.3 Å². The Bertz CT molecular complexity index is 1310. The smallest absolute Gasteiger partial charge is 0.166 e. The summed E-state index contributed by atoms with van der Waals surface area (Å²) in [7, 11) is 1.59. The van der Waals surface area contributed by atoms with Crippen molar-refractivity contribution in [1.29, 1.82) is 0 Å². The second kappa shape index (κ2) is 9.72. The minimum Gasteiger partial charge on any atom is -0.380 e. The normalized spacial score (nSPS) is 10.8. The molecule has 0 N–H and O–H groups in total. The molecule has 0 aliphatic heterocycles. The number of hydrogen-bond acceptors (Lipinski definition) is 1. The summed E-state index contributed by atoms with van der Waals surface area (Å²) in [6.07, 6.45) is 1.33. The lowest BCUT2D eigenvalue weighted by molar-refractivity contribution is 0.184. The minimum atomic E-state index is -0.859. The molecule has 0 saturated heterocycles. The molecular weight excluding hydrogens is 409 g/mol. The van der Waals surface area contributed by atoms with Gasteiger partial charge in [0, 0.05) is 23.6 Å². The van der Waals surface area contributed by atoms with Crippen molar-refractivity contribution in [2.75, 3.05) is 7.11 Å². The SMILES string of the molecule is COCc1ccc(CCc2ccc(C#Cc3ccc4c(F)c(F)ccc4c3)cc2)c(F)c1. The molecule has 1 nitrogen and oxygen atoms in total. The molecule has 4 aromatic rings. The lowest BCUT2D eigenvalue weighted by Gasteiger charge is -2.06. The van der Waals surface area contributed by atoms with E-state index in [1.807, 2.05) is 36.4 Å². The van der Waals surface area contributed by atoms with Crippen LogP contribution >= 0.6 is 0 Å². The van der Waals surface area contributed by atoms with Crippen LogP contribution in [0.1, 0.15) is 27.8 Å². The van der Waals surface area contributed by atoms with E-state index in [1.165, 1.54) is 6.07 Å². The van der Waals surface area contributed by atoms with E-state index >= 15 is 0 Å². The summed E-state index contributed by atoms with van der Waals surface area (Å²) in [5.74, 6) is 4.24. The Balaban J connectivity index is 1.42. The van der Waals surface area contributed by atoms with E-state index in [2.05, 4.69) is 11.8 Å². The van der Waals surface area contributed by atoms with Crippen molar-refractivity contribution in [3.05, 3.63) is 118 Å². The standard InChI is InChI=1S/C28H21F3O/c1-32-18-22-9-12-23(27(30)17-22)11-8-20-4-2-19(3-5-20)6-7-21-10-14-25-24(16-21)13-15-26(29)28(25)31/h2-5,9-10,12-17H,8,11,18H2,1H3. The van der Waals surface area contributed by atoms with E-state index in [9.17, 15) is 13.2 Å². The molecule has 0 heterocycles. The van der Waals surface area contributed by atoms with Gasteiger partial charge in [-0.25, -0.2) is 13.2 Å². The van der Waals surface area contributed by atoms with E-state index in [-0.39, 0.29) is 11.2 Å². The van der Waals surface area contributed by atoms with Crippen LogP contribution in [-0.2, 0) is 24.2 Å². The first kappa shape index (κ1) is 21.7. The molecule has 0 aliphatic rings. The maximum atomic E-state index is 14.2. The van der Waals surface area contributed by atoms with Crippen molar-refractivity contribution in [3.8, 4) is 11.8 Å². The molecule has 0 aromatic heterocycles. The van der Waals surface area contributed by atoms with Crippen LogP contribution in [0, 0.1) is 29.3 Å². The summed E-state index contributed by atoms with van der Waals surface area (Å²) >= 11 is 0. The van der Waals surface area contributed by atoms with Gasteiger partial charge in [-0.3, -0.25) is 0 Å². The first-order chi connectivity index (χ1) is 15.5. The largest absolute Gasteiger partial charge is 0.380 e. The van der Waals surface area contributed by atoms with E-state index in [0.717, 1.165) is 34.7 Å². The maximum Gasteiger partial charge on any atom is 0.166 e. The average Bonchev–Trinajstić information content (AvgIpc) is 2.80. The van der Waals surface area contributed by atoms with Crippen LogP contribution in [0.3, 0.4) is 0 Å². The molecule has 0 unspecified atom stereocenters. The number of rotatable bonds is 5. The van der Waals surface area contributed by atoms with Gasteiger partial charge in [0.1, 0.15) is 5.82 Å². The number of aryl methyl sites for hydroxylation is 2. The van der Waals surface area contributed by atoms with Crippen molar-refractivity contribution >= 4 is 10.8 Å². The third-order valence-electron chi connectivity index (χ3n) is 5.32. The number of methoxy groups -OCH3 is 1. The topological polar surface area (TPSA) is 9.23 Å². The van der Waals surface area contributed by atoms with Gasteiger partial charge in [-0.15, -0.1) is 0 Å². The summed E-state index contributed by atoms with van der Waals surface area (Å²) in [4.78, 5) is 0. The maximum absolute atomic E-state index is 14.2. The van der Waals surface area contributed by atoms with Crippen LogP contribution in [0.25, 0.3) is 10.8 Å². The molecule has 0 radical (unpaired) electrons. The summed E-state index contributed by atoms with van der Waals surface area (Å²) in [6.45, 7) is 0.397. The highest BCUT2D eigenvalue weighted by Gasteiger charge is 2.07. The summed E-state index contributed by atoms with van der Waals surface area (Å²) in [5.41, 5.74) is 4.16. The van der Waals surface area contributed by atoms with Gasteiger partial charge in [0.2, 0.25) is 0 Å². The summed E-state index contributed by atoms with van der Waals surface area (Å²) in [6, 6.07) is 20.7. The van der Waals surface area contributed by atoms with Crippen LogP contribution in [-0.4, -0.2) is 7.11 Å². The minimum absolute atomic E-state index is 0.208. The first-order valence-electron chi connectivity index (χ1n) is 10.3. The zero-order chi connectivity index (χ0) is 22.5. The Hall–Kier alpha value is -3.55. The Labute approximate surface area is 185 Å². The van der Waals surface area contributed by atoms with Crippen LogP contribution in [0.4, 0.5) is 13.2 Å². The quantitative estimate of drug-likeness (QED) is 0.325. The highest BCUT2D eigenvalue weighted by molar-refractivity contribution is 5.84. The van der Waals surface area contributed by atoms with Gasteiger partial charge in [0.25, 0.3) is 0 Å². The predicted octanol–water partition coefficient (Wildman–Crippen LogP) is 6.59. The van der Waals surface area contributed by atoms with Crippen LogP contribution < -0.4 is 0 Å². The molecule has 0 spiro atoms. The fourth-order valence-electron chi connectivity index (χ4n) is 3.57. The zero-order valence-corrected chi connectivity index (χ0v) is 17.6. The fourth-order valence-corrected chi connectivity index (χ4v) is 3.57. The Morgan fingerprint density at radius 2 is 1.41 bits per heavy atom. The van der Waals surface area contributed by atoms with Crippen molar-refractivity contribution in [3.63, 3.8) is 0 Å². The Morgan fingerprint density at radius 1 is 0.688 bits per heavy atom. The monoisotopic (exact) mass is 430 g/mol. The third-order valence-corrected chi connectivity index (χ3v) is 5.32. The molecule has 0 saturated carbocycles. The molecule has 0 fully saturated rings. The highest BCUT2D eigenvalue weighted by Crippen LogP contribution is 2.21. The number of ether oxygens (including phenoxy) is 1.